The topological polar surface area (TPSA) is 62.8 Å². The first-order chi connectivity index (χ1) is 10.3. The molecule has 3 N–H and O–H groups in total. The smallest absolute Gasteiger partial charge is 0.138 e. The number of anilines is 1. The number of nitrogens with one attached hydrogen (secondary N) is 2. The van der Waals surface area contributed by atoms with Crippen LogP contribution in [-0.2, 0) is 4.74 Å². The van der Waals surface area contributed by atoms with Crippen molar-refractivity contribution >= 4 is 5.69 Å². The van der Waals surface area contributed by atoms with Gasteiger partial charge in [0, 0.05) is 12.1 Å². The molecule has 2 atom stereocenters. The van der Waals surface area contributed by atoms with Gasteiger partial charge >= 0.3 is 0 Å². The molecule has 21 heavy (non-hydrogen) atoms. The summed E-state index contributed by atoms with van der Waals surface area (Å²) in [6.45, 7) is 0.731. The number of hydrogen-bond acceptors (Lipinski definition) is 5. The normalized spacial score (nSPS) is 21.2. The van der Waals surface area contributed by atoms with Crippen LogP contribution in [0.5, 0.6) is 5.75 Å². The highest BCUT2D eigenvalue weighted by molar-refractivity contribution is 5.43. The molecule has 1 aliphatic heterocycles. The Labute approximate surface area is 123 Å². The molecule has 0 aliphatic carbocycles. The largest absolute Gasteiger partial charge is 0.496 e. The monoisotopic (exact) mass is 286 g/mol. The van der Waals surface area contributed by atoms with Gasteiger partial charge in [-0.25, -0.2) is 0 Å². The Morgan fingerprint density at radius 3 is 2.67 bits per heavy atom. The van der Waals surface area contributed by atoms with Crippen molar-refractivity contribution in [1.82, 2.24) is 5.32 Å². The number of ether oxygens (including phenoxy) is 2. The van der Waals surface area contributed by atoms with E-state index in [2.05, 4.69) is 10.8 Å². The Hall–Kier alpha value is -2.08. The van der Waals surface area contributed by atoms with Crippen LogP contribution in [0.1, 0.15) is 23.5 Å². The van der Waals surface area contributed by atoms with Gasteiger partial charge in [0.15, 0.2) is 0 Å². The van der Waals surface area contributed by atoms with Crippen LogP contribution in [0.4, 0.5) is 5.69 Å². The number of rotatable bonds is 4. The second kappa shape index (κ2) is 6.13. The minimum Gasteiger partial charge on any atom is -0.496 e. The van der Waals surface area contributed by atoms with Crippen LogP contribution in [0.3, 0.4) is 0 Å². The van der Waals surface area contributed by atoms with Crippen LogP contribution < -0.4 is 15.5 Å². The second-order valence-electron chi connectivity index (χ2n) is 4.89. The van der Waals surface area contributed by atoms with E-state index >= 15 is 0 Å². The summed E-state index contributed by atoms with van der Waals surface area (Å²) < 4.78 is 11.4. The predicted molar refractivity (Wildman–Crippen MR) is 79.4 cm³/mol. The van der Waals surface area contributed by atoms with Crippen molar-refractivity contribution in [3.63, 3.8) is 0 Å². The summed E-state index contributed by atoms with van der Waals surface area (Å²) in [6.07, 6.45) is -0.200. The van der Waals surface area contributed by atoms with Crippen molar-refractivity contribution in [2.45, 2.75) is 12.3 Å². The van der Waals surface area contributed by atoms with E-state index in [0.717, 1.165) is 23.4 Å². The van der Waals surface area contributed by atoms with Crippen molar-refractivity contribution in [1.29, 1.82) is 0 Å². The van der Waals surface area contributed by atoms with Gasteiger partial charge in [0.2, 0.25) is 0 Å². The number of benzene rings is 2. The lowest BCUT2D eigenvalue weighted by Crippen LogP contribution is -2.14. The van der Waals surface area contributed by atoms with E-state index in [4.69, 9.17) is 14.7 Å². The molecule has 5 nitrogen and oxygen atoms in total. The molecule has 0 amide bonds. The molecular weight excluding hydrogens is 268 g/mol. The zero-order valence-corrected chi connectivity index (χ0v) is 11.7. The van der Waals surface area contributed by atoms with Crippen LogP contribution >= 0.6 is 0 Å². The Kier molecular flexibility index (Phi) is 4.06. The van der Waals surface area contributed by atoms with E-state index in [1.165, 1.54) is 0 Å². The van der Waals surface area contributed by atoms with Gasteiger partial charge in [-0.05, 0) is 23.8 Å². The summed E-state index contributed by atoms with van der Waals surface area (Å²) in [5, 5.41) is 12.2. The third-order valence-electron chi connectivity index (χ3n) is 3.62. The molecular formula is C16H18N2O3. The van der Waals surface area contributed by atoms with Crippen LogP contribution in [0.15, 0.2) is 48.5 Å². The molecule has 1 fully saturated rings. The van der Waals surface area contributed by atoms with Crippen molar-refractivity contribution < 1.29 is 14.7 Å². The summed E-state index contributed by atoms with van der Waals surface area (Å²) in [6, 6.07) is 15.3. The third kappa shape index (κ3) is 2.85. The fourth-order valence-electron chi connectivity index (χ4n) is 2.51. The molecule has 1 saturated heterocycles. The van der Waals surface area contributed by atoms with Gasteiger partial charge in [0.05, 0.1) is 18.9 Å². The van der Waals surface area contributed by atoms with E-state index in [1.807, 2.05) is 48.5 Å². The first kappa shape index (κ1) is 13.9. The summed E-state index contributed by atoms with van der Waals surface area (Å²) in [4.78, 5) is 0. The quantitative estimate of drug-likeness (QED) is 0.754. The molecule has 0 radical (unpaired) electrons. The van der Waals surface area contributed by atoms with Gasteiger partial charge in [-0.1, -0.05) is 30.3 Å². The highest BCUT2D eigenvalue weighted by Gasteiger charge is 2.28. The van der Waals surface area contributed by atoms with E-state index in [9.17, 15) is 0 Å². The molecule has 2 unspecified atom stereocenters. The van der Waals surface area contributed by atoms with Crippen molar-refractivity contribution in [2.75, 3.05) is 19.1 Å². The third-order valence-corrected chi connectivity index (χ3v) is 3.62. The van der Waals surface area contributed by atoms with E-state index < -0.39 is 0 Å². The van der Waals surface area contributed by atoms with Gasteiger partial charge in [-0.3, -0.25) is 16.0 Å². The summed E-state index contributed by atoms with van der Waals surface area (Å²) in [5.41, 5.74) is 4.84. The number of para-hydroxylation sites is 1. The molecule has 1 heterocycles. The standard InChI is InChI=1S/C16H18N2O3/c1-20-14-5-3-2-4-13(14)16-17-10-15(21-16)11-6-8-12(18-19)9-7-11/h2-9,15-19H,10H2,1H3. The maximum absolute atomic E-state index is 8.83. The molecule has 0 aromatic heterocycles. The maximum Gasteiger partial charge on any atom is 0.138 e. The summed E-state index contributed by atoms with van der Waals surface area (Å²) >= 11 is 0. The molecule has 0 spiro atoms. The molecule has 110 valence electrons. The Morgan fingerprint density at radius 1 is 1.19 bits per heavy atom. The van der Waals surface area contributed by atoms with E-state index in [1.54, 1.807) is 7.11 Å². The molecule has 2 aromatic carbocycles. The zero-order valence-electron chi connectivity index (χ0n) is 11.7. The van der Waals surface area contributed by atoms with Gasteiger partial charge in [0.25, 0.3) is 0 Å². The molecule has 0 bridgehead atoms. The minimum atomic E-state index is -0.179. The lowest BCUT2D eigenvalue weighted by atomic mass is 10.1. The lowest BCUT2D eigenvalue weighted by Gasteiger charge is -2.16. The average molecular weight is 286 g/mol. The van der Waals surface area contributed by atoms with Crippen LogP contribution in [0.25, 0.3) is 0 Å². The van der Waals surface area contributed by atoms with Gasteiger partial charge < -0.3 is 9.47 Å². The number of methoxy groups -OCH3 is 1. The molecule has 0 saturated carbocycles. The molecule has 2 aromatic rings. The Morgan fingerprint density at radius 2 is 1.95 bits per heavy atom. The summed E-state index contributed by atoms with van der Waals surface area (Å²) in [5.74, 6) is 0.815. The van der Waals surface area contributed by atoms with E-state index in [-0.39, 0.29) is 12.3 Å². The lowest BCUT2D eigenvalue weighted by molar-refractivity contribution is 0.0391. The first-order valence-corrected chi connectivity index (χ1v) is 6.83. The van der Waals surface area contributed by atoms with Crippen molar-refractivity contribution in [3.8, 4) is 5.75 Å². The molecule has 3 rings (SSSR count). The average Bonchev–Trinajstić information content (AvgIpc) is 3.04. The summed E-state index contributed by atoms with van der Waals surface area (Å²) in [7, 11) is 1.66. The molecule has 1 aliphatic rings. The fourth-order valence-corrected chi connectivity index (χ4v) is 2.51. The van der Waals surface area contributed by atoms with Crippen LogP contribution in [0, 0.1) is 0 Å². The highest BCUT2D eigenvalue weighted by Crippen LogP contribution is 2.34. The Balaban J connectivity index is 1.75. The molecule has 5 heteroatoms. The Bertz CT molecular complexity index is 601. The highest BCUT2D eigenvalue weighted by atomic mass is 16.5. The number of hydrogen-bond donors (Lipinski definition) is 3. The van der Waals surface area contributed by atoms with Crippen molar-refractivity contribution in [3.05, 3.63) is 59.7 Å². The second-order valence-corrected chi connectivity index (χ2v) is 4.89. The first-order valence-electron chi connectivity index (χ1n) is 6.83. The predicted octanol–water partition coefficient (Wildman–Crippen LogP) is 2.86. The SMILES string of the molecule is COc1ccccc1C1NCC(c2ccc(NO)cc2)O1. The van der Waals surface area contributed by atoms with Gasteiger partial charge in [-0.15, -0.1) is 0 Å². The van der Waals surface area contributed by atoms with Crippen LogP contribution in [0.2, 0.25) is 0 Å². The fraction of sp³-hybridized carbons (Fsp3) is 0.250. The van der Waals surface area contributed by atoms with Gasteiger partial charge in [0.1, 0.15) is 12.0 Å². The van der Waals surface area contributed by atoms with Crippen molar-refractivity contribution in [2.24, 2.45) is 0 Å². The minimum absolute atomic E-state index is 0.0207. The zero-order chi connectivity index (χ0) is 14.7. The maximum atomic E-state index is 8.83. The van der Waals surface area contributed by atoms with E-state index in [0.29, 0.717) is 5.69 Å². The van der Waals surface area contributed by atoms with Crippen LogP contribution in [-0.4, -0.2) is 18.9 Å². The van der Waals surface area contributed by atoms with Gasteiger partial charge in [-0.2, -0.15) is 0 Å².